The van der Waals surface area contributed by atoms with Gasteiger partial charge in [-0.1, -0.05) is 19.8 Å². The summed E-state index contributed by atoms with van der Waals surface area (Å²) in [4.78, 5) is 0. The first-order chi connectivity index (χ1) is 7.90. The van der Waals surface area contributed by atoms with Gasteiger partial charge in [-0.25, -0.2) is 0 Å². The van der Waals surface area contributed by atoms with Gasteiger partial charge in [-0.2, -0.15) is 0 Å². The fourth-order valence-electron chi connectivity index (χ4n) is 2.96. The highest BCUT2D eigenvalue weighted by Gasteiger charge is 2.38. The highest BCUT2D eigenvalue weighted by atomic mass is 16.5. The van der Waals surface area contributed by atoms with Crippen molar-refractivity contribution in [2.24, 2.45) is 11.3 Å². The maximum absolute atomic E-state index is 5.24. The van der Waals surface area contributed by atoms with Gasteiger partial charge in [0.1, 0.15) is 0 Å². The average molecular weight is 241 g/mol. The lowest BCUT2D eigenvalue weighted by Gasteiger charge is -2.38. The minimum Gasteiger partial charge on any atom is -0.385 e. The molecule has 1 saturated carbocycles. The Balaban J connectivity index is 2.55. The van der Waals surface area contributed by atoms with Crippen LogP contribution in [0.2, 0.25) is 0 Å². The number of nitrogens with one attached hydrogen (secondary N) is 1. The van der Waals surface area contributed by atoms with Gasteiger partial charge in [0.15, 0.2) is 0 Å². The first-order valence-corrected chi connectivity index (χ1v) is 7.14. The maximum atomic E-state index is 5.24. The SMILES string of the molecule is COCCC(C)C1(CNC(C)(C)C)CCCC1. The van der Waals surface area contributed by atoms with E-state index in [1.165, 1.54) is 38.6 Å². The first kappa shape index (κ1) is 15.0. The Labute approximate surface area is 108 Å². The summed E-state index contributed by atoms with van der Waals surface area (Å²) in [7, 11) is 1.81. The average Bonchev–Trinajstić information content (AvgIpc) is 2.72. The summed E-state index contributed by atoms with van der Waals surface area (Å²) in [5.74, 6) is 0.764. The molecule has 17 heavy (non-hydrogen) atoms. The number of rotatable bonds is 6. The minimum absolute atomic E-state index is 0.233. The van der Waals surface area contributed by atoms with Crippen LogP contribution in [0.3, 0.4) is 0 Å². The predicted molar refractivity (Wildman–Crippen MR) is 74.3 cm³/mol. The molecule has 0 radical (unpaired) electrons. The standard InChI is InChI=1S/C15H31NO/c1-13(8-11-17-5)15(9-6-7-10-15)12-16-14(2,3)4/h13,16H,6-12H2,1-5H3. The molecule has 0 aliphatic heterocycles. The van der Waals surface area contributed by atoms with E-state index in [1.807, 2.05) is 0 Å². The van der Waals surface area contributed by atoms with Crippen LogP contribution >= 0.6 is 0 Å². The smallest absolute Gasteiger partial charge is 0.0465 e. The van der Waals surface area contributed by atoms with Crippen LogP contribution < -0.4 is 5.32 Å². The zero-order valence-electron chi connectivity index (χ0n) is 12.4. The third-order valence-corrected chi connectivity index (χ3v) is 4.37. The molecule has 1 aliphatic carbocycles. The van der Waals surface area contributed by atoms with E-state index in [0.717, 1.165) is 12.5 Å². The van der Waals surface area contributed by atoms with E-state index in [0.29, 0.717) is 5.41 Å². The fourth-order valence-corrected chi connectivity index (χ4v) is 2.96. The van der Waals surface area contributed by atoms with Gasteiger partial charge in [0, 0.05) is 25.8 Å². The molecule has 1 unspecified atom stereocenters. The van der Waals surface area contributed by atoms with E-state index in [1.54, 1.807) is 7.11 Å². The van der Waals surface area contributed by atoms with Crippen LogP contribution in [0.15, 0.2) is 0 Å². The lowest BCUT2D eigenvalue weighted by Crippen LogP contribution is -2.45. The molecule has 0 aromatic carbocycles. The number of hydrogen-bond acceptors (Lipinski definition) is 2. The first-order valence-electron chi connectivity index (χ1n) is 7.14. The van der Waals surface area contributed by atoms with E-state index in [-0.39, 0.29) is 5.54 Å². The summed E-state index contributed by atoms with van der Waals surface area (Å²) in [6.45, 7) is 11.3. The molecule has 2 nitrogen and oxygen atoms in total. The van der Waals surface area contributed by atoms with Crippen LogP contribution in [0.25, 0.3) is 0 Å². The van der Waals surface area contributed by atoms with Crippen LogP contribution in [0.5, 0.6) is 0 Å². The van der Waals surface area contributed by atoms with Gasteiger partial charge in [0.05, 0.1) is 0 Å². The molecule has 1 rings (SSSR count). The van der Waals surface area contributed by atoms with E-state index in [2.05, 4.69) is 33.0 Å². The normalized spacial score (nSPS) is 21.7. The van der Waals surface area contributed by atoms with Crippen LogP contribution in [0, 0.1) is 11.3 Å². The molecule has 1 atom stereocenters. The Morgan fingerprint density at radius 2 is 1.82 bits per heavy atom. The molecule has 1 fully saturated rings. The lowest BCUT2D eigenvalue weighted by atomic mass is 9.73. The number of ether oxygens (including phenoxy) is 1. The van der Waals surface area contributed by atoms with Crippen molar-refractivity contribution in [2.45, 2.75) is 65.3 Å². The fraction of sp³-hybridized carbons (Fsp3) is 1.00. The van der Waals surface area contributed by atoms with E-state index in [9.17, 15) is 0 Å². The Bertz CT molecular complexity index is 213. The zero-order valence-corrected chi connectivity index (χ0v) is 12.4. The second-order valence-electron chi connectivity index (χ2n) is 6.86. The summed E-state index contributed by atoms with van der Waals surface area (Å²) in [6, 6.07) is 0. The summed E-state index contributed by atoms with van der Waals surface area (Å²) in [5, 5.41) is 3.72. The van der Waals surface area contributed by atoms with Crippen LogP contribution in [0.1, 0.15) is 59.8 Å². The van der Waals surface area contributed by atoms with Crippen molar-refractivity contribution in [1.29, 1.82) is 0 Å². The summed E-state index contributed by atoms with van der Waals surface area (Å²) >= 11 is 0. The van der Waals surface area contributed by atoms with Crippen molar-refractivity contribution in [3.05, 3.63) is 0 Å². The summed E-state index contributed by atoms with van der Waals surface area (Å²) in [5.41, 5.74) is 0.752. The molecule has 0 aromatic rings. The molecule has 0 heterocycles. The highest BCUT2D eigenvalue weighted by Crippen LogP contribution is 2.45. The van der Waals surface area contributed by atoms with E-state index in [4.69, 9.17) is 4.74 Å². The summed E-state index contributed by atoms with van der Waals surface area (Å²) < 4.78 is 5.24. The molecular formula is C15H31NO. The molecule has 0 spiro atoms. The minimum atomic E-state index is 0.233. The maximum Gasteiger partial charge on any atom is 0.0465 e. The van der Waals surface area contributed by atoms with Crippen molar-refractivity contribution in [1.82, 2.24) is 5.32 Å². The van der Waals surface area contributed by atoms with Crippen LogP contribution in [-0.4, -0.2) is 25.8 Å². The largest absolute Gasteiger partial charge is 0.385 e. The van der Waals surface area contributed by atoms with Crippen molar-refractivity contribution >= 4 is 0 Å². The molecule has 0 amide bonds. The van der Waals surface area contributed by atoms with Crippen LogP contribution in [-0.2, 0) is 4.74 Å². The van der Waals surface area contributed by atoms with Crippen LogP contribution in [0.4, 0.5) is 0 Å². The molecule has 0 saturated heterocycles. The van der Waals surface area contributed by atoms with Gasteiger partial charge >= 0.3 is 0 Å². The van der Waals surface area contributed by atoms with Gasteiger partial charge in [0.25, 0.3) is 0 Å². The Morgan fingerprint density at radius 1 is 1.24 bits per heavy atom. The Morgan fingerprint density at radius 3 is 2.29 bits per heavy atom. The van der Waals surface area contributed by atoms with Gasteiger partial charge in [-0.3, -0.25) is 0 Å². The van der Waals surface area contributed by atoms with Crippen molar-refractivity contribution < 1.29 is 4.74 Å². The molecule has 1 N–H and O–H groups in total. The second kappa shape index (κ2) is 6.19. The lowest BCUT2D eigenvalue weighted by molar-refractivity contribution is 0.108. The molecule has 102 valence electrons. The van der Waals surface area contributed by atoms with Gasteiger partial charge in [0.2, 0.25) is 0 Å². The van der Waals surface area contributed by atoms with Gasteiger partial charge in [-0.15, -0.1) is 0 Å². The highest BCUT2D eigenvalue weighted by molar-refractivity contribution is 4.92. The molecular weight excluding hydrogens is 210 g/mol. The molecule has 0 aromatic heterocycles. The quantitative estimate of drug-likeness (QED) is 0.767. The number of methoxy groups -OCH3 is 1. The third-order valence-electron chi connectivity index (χ3n) is 4.37. The van der Waals surface area contributed by atoms with Gasteiger partial charge in [-0.05, 0) is 51.4 Å². The van der Waals surface area contributed by atoms with Crippen molar-refractivity contribution in [3.8, 4) is 0 Å². The van der Waals surface area contributed by atoms with Gasteiger partial charge < -0.3 is 10.1 Å². The zero-order chi connectivity index (χ0) is 12.9. The summed E-state index contributed by atoms with van der Waals surface area (Å²) in [6.07, 6.45) is 6.79. The predicted octanol–water partition coefficient (Wildman–Crippen LogP) is 3.61. The second-order valence-corrected chi connectivity index (χ2v) is 6.86. The molecule has 1 aliphatic rings. The van der Waals surface area contributed by atoms with Crippen molar-refractivity contribution in [2.75, 3.05) is 20.3 Å². The van der Waals surface area contributed by atoms with E-state index < -0.39 is 0 Å². The van der Waals surface area contributed by atoms with Crippen molar-refractivity contribution in [3.63, 3.8) is 0 Å². The number of hydrogen-bond donors (Lipinski definition) is 1. The Hall–Kier alpha value is -0.0800. The third kappa shape index (κ3) is 4.59. The molecule has 0 bridgehead atoms. The monoisotopic (exact) mass is 241 g/mol. The topological polar surface area (TPSA) is 21.3 Å². The van der Waals surface area contributed by atoms with E-state index >= 15 is 0 Å². The molecule has 2 heteroatoms. The Kier molecular flexibility index (Phi) is 5.46.